The lowest BCUT2D eigenvalue weighted by molar-refractivity contribution is -0.0304. The van der Waals surface area contributed by atoms with Crippen molar-refractivity contribution in [1.82, 2.24) is 4.90 Å². The van der Waals surface area contributed by atoms with Gasteiger partial charge in [-0.1, -0.05) is 0 Å². The van der Waals surface area contributed by atoms with Crippen LogP contribution in [0.4, 0.5) is 4.39 Å². The highest BCUT2D eigenvalue weighted by atomic mass is 19.1. The van der Waals surface area contributed by atoms with Crippen LogP contribution in [-0.4, -0.2) is 41.2 Å². The van der Waals surface area contributed by atoms with Gasteiger partial charge < -0.3 is 14.7 Å². The summed E-state index contributed by atoms with van der Waals surface area (Å²) in [6.45, 7) is 1.04. The highest BCUT2D eigenvalue weighted by molar-refractivity contribution is 5.97. The number of aromatic hydroxyl groups is 1. The Bertz CT molecular complexity index is 479. The molecule has 2 bridgehead atoms. The SMILES string of the molecule is O=C(c1cc(F)ccc1O)N1CC2CCC(C1)O2. The molecule has 2 atom stereocenters. The van der Waals surface area contributed by atoms with Gasteiger partial charge in [-0.05, 0) is 31.0 Å². The molecule has 3 rings (SSSR count). The summed E-state index contributed by atoms with van der Waals surface area (Å²) < 4.78 is 18.8. The van der Waals surface area contributed by atoms with Gasteiger partial charge in [-0.15, -0.1) is 0 Å². The van der Waals surface area contributed by atoms with Crippen molar-refractivity contribution in [1.29, 1.82) is 0 Å². The first-order valence-corrected chi connectivity index (χ1v) is 6.07. The van der Waals surface area contributed by atoms with Crippen LogP contribution in [0.3, 0.4) is 0 Å². The fourth-order valence-corrected chi connectivity index (χ4v) is 2.63. The average Bonchev–Trinajstić information content (AvgIpc) is 2.70. The largest absolute Gasteiger partial charge is 0.507 e. The normalized spacial score (nSPS) is 26.4. The monoisotopic (exact) mass is 251 g/mol. The van der Waals surface area contributed by atoms with Gasteiger partial charge in [-0.2, -0.15) is 0 Å². The molecule has 1 aromatic rings. The molecule has 0 radical (unpaired) electrons. The third kappa shape index (κ3) is 1.95. The van der Waals surface area contributed by atoms with Crippen LogP contribution in [0.15, 0.2) is 18.2 Å². The van der Waals surface area contributed by atoms with Crippen LogP contribution in [0.25, 0.3) is 0 Å². The van der Waals surface area contributed by atoms with E-state index in [-0.39, 0.29) is 29.4 Å². The number of likely N-dealkylation sites (tertiary alicyclic amines) is 1. The second-order valence-electron chi connectivity index (χ2n) is 4.83. The Labute approximate surface area is 104 Å². The Hall–Kier alpha value is -1.62. The summed E-state index contributed by atoms with van der Waals surface area (Å²) in [6.07, 6.45) is 2.10. The number of fused-ring (bicyclic) bond motifs is 2. The molecule has 2 heterocycles. The van der Waals surface area contributed by atoms with E-state index in [0.717, 1.165) is 25.0 Å². The second kappa shape index (κ2) is 4.24. The number of phenols is 1. The summed E-state index contributed by atoms with van der Waals surface area (Å²) in [6, 6.07) is 3.42. The molecular weight excluding hydrogens is 237 g/mol. The molecule has 1 aromatic carbocycles. The number of ether oxygens (including phenoxy) is 1. The standard InChI is InChI=1S/C13H14FNO3/c14-8-1-4-12(16)11(5-8)13(17)15-6-9-2-3-10(7-15)18-9/h1,4-5,9-10,16H,2-3,6-7H2. The Morgan fingerprint density at radius 1 is 1.33 bits per heavy atom. The maximum atomic E-state index is 13.1. The van der Waals surface area contributed by atoms with Gasteiger partial charge in [0.25, 0.3) is 5.91 Å². The first-order chi connectivity index (χ1) is 8.63. The number of rotatable bonds is 1. The van der Waals surface area contributed by atoms with Crippen LogP contribution in [0.2, 0.25) is 0 Å². The van der Waals surface area contributed by atoms with Gasteiger partial charge in [0, 0.05) is 13.1 Å². The third-order valence-corrected chi connectivity index (χ3v) is 3.52. The van der Waals surface area contributed by atoms with E-state index in [1.807, 2.05) is 0 Å². The van der Waals surface area contributed by atoms with Gasteiger partial charge in [0.2, 0.25) is 0 Å². The number of hydrogen-bond donors (Lipinski definition) is 1. The smallest absolute Gasteiger partial charge is 0.257 e. The Balaban J connectivity index is 1.84. The van der Waals surface area contributed by atoms with Crippen molar-refractivity contribution in [2.45, 2.75) is 25.0 Å². The lowest BCUT2D eigenvalue weighted by Crippen LogP contribution is -2.45. The quantitative estimate of drug-likeness (QED) is 0.823. The molecule has 2 aliphatic rings. The summed E-state index contributed by atoms with van der Waals surface area (Å²) in [5, 5.41) is 9.64. The van der Waals surface area contributed by atoms with Crippen molar-refractivity contribution in [2.75, 3.05) is 13.1 Å². The molecular formula is C13H14FNO3. The zero-order valence-corrected chi connectivity index (χ0v) is 9.80. The minimum atomic E-state index is -0.521. The van der Waals surface area contributed by atoms with Gasteiger partial charge in [0.05, 0.1) is 17.8 Å². The Morgan fingerprint density at radius 2 is 2.00 bits per heavy atom. The number of carbonyl (C=O) groups excluding carboxylic acids is 1. The molecule has 5 heteroatoms. The zero-order valence-electron chi connectivity index (χ0n) is 9.80. The van der Waals surface area contributed by atoms with E-state index >= 15 is 0 Å². The van der Waals surface area contributed by atoms with Crippen molar-refractivity contribution >= 4 is 5.91 Å². The van der Waals surface area contributed by atoms with Crippen molar-refractivity contribution in [3.05, 3.63) is 29.6 Å². The molecule has 4 nitrogen and oxygen atoms in total. The fourth-order valence-electron chi connectivity index (χ4n) is 2.63. The number of nitrogens with zero attached hydrogens (tertiary/aromatic N) is 1. The third-order valence-electron chi connectivity index (χ3n) is 3.52. The van der Waals surface area contributed by atoms with E-state index in [2.05, 4.69) is 0 Å². The topological polar surface area (TPSA) is 49.8 Å². The minimum absolute atomic E-state index is 0.0244. The van der Waals surface area contributed by atoms with E-state index in [0.29, 0.717) is 13.1 Å². The van der Waals surface area contributed by atoms with Gasteiger partial charge in [-0.25, -0.2) is 4.39 Å². The summed E-state index contributed by atoms with van der Waals surface area (Å²) in [4.78, 5) is 13.9. The van der Waals surface area contributed by atoms with Gasteiger partial charge in [0.1, 0.15) is 11.6 Å². The highest BCUT2D eigenvalue weighted by Gasteiger charge is 2.36. The summed E-state index contributed by atoms with van der Waals surface area (Å²) in [5.41, 5.74) is 0.0244. The lowest BCUT2D eigenvalue weighted by Gasteiger charge is -2.32. The number of hydrogen-bond acceptors (Lipinski definition) is 3. The van der Waals surface area contributed by atoms with Crippen molar-refractivity contribution in [2.24, 2.45) is 0 Å². The maximum Gasteiger partial charge on any atom is 0.257 e. The molecule has 18 heavy (non-hydrogen) atoms. The molecule has 2 aliphatic heterocycles. The van der Waals surface area contributed by atoms with E-state index < -0.39 is 5.82 Å². The summed E-state index contributed by atoms with van der Waals surface area (Å²) in [7, 11) is 0. The van der Waals surface area contributed by atoms with Crippen molar-refractivity contribution < 1.29 is 19.0 Å². The predicted octanol–water partition coefficient (Wildman–Crippen LogP) is 1.53. The number of benzene rings is 1. The average molecular weight is 251 g/mol. The number of phenolic OH excluding ortho intramolecular Hbond substituents is 1. The number of morpholine rings is 1. The van der Waals surface area contributed by atoms with Crippen LogP contribution in [0, 0.1) is 5.82 Å². The summed E-state index contributed by atoms with van der Waals surface area (Å²) in [5.74, 6) is -1.03. The van der Waals surface area contributed by atoms with E-state index in [1.54, 1.807) is 4.90 Å². The van der Waals surface area contributed by atoms with Crippen molar-refractivity contribution in [3.63, 3.8) is 0 Å². The number of halogens is 1. The Kier molecular flexibility index (Phi) is 2.70. The highest BCUT2D eigenvalue weighted by Crippen LogP contribution is 2.28. The lowest BCUT2D eigenvalue weighted by atomic mass is 10.1. The van der Waals surface area contributed by atoms with Gasteiger partial charge >= 0.3 is 0 Å². The fraction of sp³-hybridized carbons (Fsp3) is 0.462. The van der Waals surface area contributed by atoms with E-state index in [9.17, 15) is 14.3 Å². The first-order valence-electron chi connectivity index (χ1n) is 6.07. The number of amides is 1. The minimum Gasteiger partial charge on any atom is -0.507 e. The van der Waals surface area contributed by atoms with Crippen LogP contribution < -0.4 is 0 Å². The van der Waals surface area contributed by atoms with Crippen molar-refractivity contribution in [3.8, 4) is 5.75 Å². The zero-order chi connectivity index (χ0) is 12.7. The summed E-state index contributed by atoms with van der Waals surface area (Å²) >= 11 is 0. The molecule has 1 amide bonds. The molecule has 1 N–H and O–H groups in total. The predicted molar refractivity (Wildman–Crippen MR) is 61.9 cm³/mol. The van der Waals surface area contributed by atoms with E-state index in [1.165, 1.54) is 6.07 Å². The molecule has 0 spiro atoms. The van der Waals surface area contributed by atoms with Gasteiger partial charge in [0.15, 0.2) is 0 Å². The van der Waals surface area contributed by atoms with Gasteiger partial charge in [-0.3, -0.25) is 4.79 Å². The van der Waals surface area contributed by atoms with Crippen LogP contribution in [0.5, 0.6) is 5.75 Å². The number of carbonyl (C=O) groups is 1. The maximum absolute atomic E-state index is 13.1. The molecule has 0 saturated carbocycles. The molecule has 0 aromatic heterocycles. The van der Waals surface area contributed by atoms with Crippen LogP contribution in [-0.2, 0) is 4.74 Å². The van der Waals surface area contributed by atoms with E-state index in [4.69, 9.17) is 4.74 Å². The van der Waals surface area contributed by atoms with Crippen LogP contribution in [0.1, 0.15) is 23.2 Å². The molecule has 2 fully saturated rings. The Morgan fingerprint density at radius 3 is 2.67 bits per heavy atom. The molecule has 96 valence electrons. The first kappa shape index (κ1) is 11.5. The second-order valence-corrected chi connectivity index (χ2v) is 4.83. The molecule has 2 saturated heterocycles. The molecule has 2 unspecified atom stereocenters. The molecule has 0 aliphatic carbocycles. The van der Waals surface area contributed by atoms with Crippen LogP contribution >= 0.6 is 0 Å².